The third kappa shape index (κ3) is 8.46. The Morgan fingerprint density at radius 1 is 1.09 bits per heavy atom. The van der Waals surface area contributed by atoms with E-state index in [0.29, 0.717) is 32.7 Å². The number of hydrogen-bond donors (Lipinski definition) is 1. The molecule has 0 bridgehead atoms. The molecule has 0 radical (unpaired) electrons. The van der Waals surface area contributed by atoms with Crippen molar-refractivity contribution in [3.8, 4) is 0 Å². The van der Waals surface area contributed by atoms with Crippen molar-refractivity contribution in [2.24, 2.45) is 0 Å². The van der Waals surface area contributed by atoms with Crippen molar-refractivity contribution < 1.29 is 14.3 Å². The van der Waals surface area contributed by atoms with E-state index in [1.54, 1.807) is 4.90 Å². The van der Waals surface area contributed by atoms with E-state index in [-0.39, 0.29) is 12.0 Å². The summed E-state index contributed by atoms with van der Waals surface area (Å²) in [7, 11) is 0. The first-order chi connectivity index (χ1) is 10.8. The van der Waals surface area contributed by atoms with E-state index in [4.69, 9.17) is 4.74 Å². The molecule has 134 valence electrons. The average molecular weight is 346 g/mol. The van der Waals surface area contributed by atoms with Crippen LogP contribution in [0.15, 0.2) is 0 Å². The molecule has 0 aromatic heterocycles. The molecule has 0 atom stereocenters. The molecule has 0 spiro atoms. The number of rotatable bonds is 7. The maximum Gasteiger partial charge on any atom is 0.410 e. The molecule has 1 aliphatic rings. The zero-order valence-corrected chi connectivity index (χ0v) is 15.7. The van der Waals surface area contributed by atoms with Crippen molar-refractivity contribution in [3.05, 3.63) is 0 Å². The first kappa shape index (κ1) is 20.1. The molecular weight excluding hydrogens is 314 g/mol. The molecule has 0 aromatic rings. The van der Waals surface area contributed by atoms with E-state index in [0.717, 1.165) is 13.0 Å². The van der Waals surface area contributed by atoms with Crippen LogP contribution in [0, 0.1) is 0 Å². The van der Waals surface area contributed by atoms with Crippen molar-refractivity contribution in [1.82, 2.24) is 15.1 Å². The van der Waals surface area contributed by atoms with E-state index < -0.39 is 5.60 Å². The minimum atomic E-state index is -0.482. The zero-order chi connectivity index (χ0) is 17.3. The monoisotopic (exact) mass is 345 g/mol. The standard InChI is InChI=1S/C16H31N3O3S/c1-16(2,3)22-15(21)19-10-8-18(9-11-19)14(20)13-17-7-5-6-12-23-4/h17H,5-13H2,1-4H3. The van der Waals surface area contributed by atoms with Gasteiger partial charge in [-0.2, -0.15) is 11.8 Å². The van der Waals surface area contributed by atoms with Crippen LogP contribution in [0.2, 0.25) is 0 Å². The molecule has 1 saturated heterocycles. The van der Waals surface area contributed by atoms with Gasteiger partial charge in [0.25, 0.3) is 0 Å². The molecule has 1 fully saturated rings. The summed E-state index contributed by atoms with van der Waals surface area (Å²) in [4.78, 5) is 27.6. The molecule has 2 amide bonds. The van der Waals surface area contributed by atoms with Crippen LogP contribution in [0.4, 0.5) is 4.79 Å². The van der Waals surface area contributed by atoms with Gasteiger partial charge in [0.2, 0.25) is 5.91 Å². The van der Waals surface area contributed by atoms with E-state index in [2.05, 4.69) is 11.6 Å². The molecular formula is C16H31N3O3S. The fourth-order valence-corrected chi connectivity index (χ4v) is 2.76. The second-order valence-corrected chi connectivity index (χ2v) is 7.71. The summed E-state index contributed by atoms with van der Waals surface area (Å²) in [6.07, 6.45) is 4.09. The highest BCUT2D eigenvalue weighted by Crippen LogP contribution is 2.11. The molecule has 0 aliphatic carbocycles. The fraction of sp³-hybridized carbons (Fsp3) is 0.875. The summed E-state index contributed by atoms with van der Waals surface area (Å²) >= 11 is 1.85. The maximum atomic E-state index is 12.1. The highest BCUT2D eigenvalue weighted by atomic mass is 32.2. The van der Waals surface area contributed by atoms with Gasteiger partial charge in [-0.05, 0) is 52.2 Å². The van der Waals surface area contributed by atoms with Gasteiger partial charge in [0.1, 0.15) is 5.60 Å². The molecule has 0 aromatic carbocycles. The summed E-state index contributed by atoms with van der Waals surface area (Å²) in [5.74, 6) is 1.28. The van der Waals surface area contributed by atoms with Crippen molar-refractivity contribution in [2.75, 3.05) is 51.3 Å². The normalized spacial score (nSPS) is 15.7. The summed E-state index contributed by atoms with van der Waals surface area (Å²) in [6, 6.07) is 0. The number of ether oxygens (including phenoxy) is 1. The predicted octanol–water partition coefficient (Wildman–Crippen LogP) is 1.80. The number of carbonyl (C=O) groups excluding carboxylic acids is 2. The van der Waals surface area contributed by atoms with Gasteiger partial charge >= 0.3 is 6.09 Å². The SMILES string of the molecule is CSCCCCNCC(=O)N1CCN(C(=O)OC(C)(C)C)CC1. The Hall–Kier alpha value is -0.950. The number of nitrogens with one attached hydrogen (secondary N) is 1. The number of carbonyl (C=O) groups is 2. The van der Waals surface area contributed by atoms with Crippen LogP contribution >= 0.6 is 11.8 Å². The molecule has 1 rings (SSSR count). The zero-order valence-electron chi connectivity index (χ0n) is 14.9. The van der Waals surface area contributed by atoms with Crippen LogP contribution in [0.5, 0.6) is 0 Å². The topological polar surface area (TPSA) is 61.9 Å². The van der Waals surface area contributed by atoms with Crippen LogP contribution in [0.3, 0.4) is 0 Å². The lowest BCUT2D eigenvalue weighted by Gasteiger charge is -2.35. The Morgan fingerprint density at radius 2 is 1.70 bits per heavy atom. The van der Waals surface area contributed by atoms with Crippen molar-refractivity contribution >= 4 is 23.8 Å². The van der Waals surface area contributed by atoms with Gasteiger partial charge in [-0.3, -0.25) is 4.79 Å². The van der Waals surface area contributed by atoms with Gasteiger partial charge in [0.15, 0.2) is 0 Å². The highest BCUT2D eigenvalue weighted by Gasteiger charge is 2.27. The van der Waals surface area contributed by atoms with E-state index in [1.807, 2.05) is 37.4 Å². The Bertz CT molecular complexity index is 377. The average Bonchev–Trinajstić information content (AvgIpc) is 2.49. The Morgan fingerprint density at radius 3 is 2.26 bits per heavy atom. The number of hydrogen-bond acceptors (Lipinski definition) is 5. The van der Waals surface area contributed by atoms with Gasteiger partial charge in [0.05, 0.1) is 6.54 Å². The molecule has 0 saturated carbocycles. The highest BCUT2D eigenvalue weighted by molar-refractivity contribution is 7.98. The Balaban J connectivity index is 2.19. The molecule has 1 N–H and O–H groups in total. The lowest BCUT2D eigenvalue weighted by atomic mass is 10.2. The molecule has 6 nitrogen and oxygen atoms in total. The third-order valence-corrected chi connectivity index (χ3v) is 4.21. The summed E-state index contributed by atoms with van der Waals surface area (Å²) in [5, 5.41) is 3.20. The second kappa shape index (κ2) is 10.0. The number of nitrogens with zero attached hydrogens (tertiary/aromatic N) is 2. The first-order valence-corrected chi connectivity index (χ1v) is 9.68. The quantitative estimate of drug-likeness (QED) is 0.713. The third-order valence-electron chi connectivity index (χ3n) is 3.51. The van der Waals surface area contributed by atoms with Gasteiger partial charge in [-0.1, -0.05) is 0 Å². The van der Waals surface area contributed by atoms with E-state index in [9.17, 15) is 9.59 Å². The Kier molecular flexibility index (Phi) is 8.76. The lowest BCUT2D eigenvalue weighted by molar-refractivity contribution is -0.132. The number of piperazine rings is 1. The second-order valence-electron chi connectivity index (χ2n) is 6.72. The fourth-order valence-electron chi connectivity index (χ4n) is 2.27. The van der Waals surface area contributed by atoms with Crippen LogP contribution in [-0.4, -0.2) is 78.7 Å². The minimum absolute atomic E-state index is 0.110. The van der Waals surface area contributed by atoms with E-state index >= 15 is 0 Å². The molecule has 1 heterocycles. The summed E-state index contributed by atoms with van der Waals surface area (Å²) in [5.41, 5.74) is -0.482. The molecule has 23 heavy (non-hydrogen) atoms. The van der Waals surface area contributed by atoms with Gasteiger partial charge < -0.3 is 19.9 Å². The van der Waals surface area contributed by atoms with Crippen molar-refractivity contribution in [1.29, 1.82) is 0 Å². The lowest BCUT2D eigenvalue weighted by Crippen LogP contribution is -2.53. The van der Waals surface area contributed by atoms with Gasteiger partial charge in [-0.15, -0.1) is 0 Å². The predicted molar refractivity (Wildman–Crippen MR) is 94.9 cm³/mol. The first-order valence-electron chi connectivity index (χ1n) is 8.29. The van der Waals surface area contributed by atoms with Crippen LogP contribution in [0.25, 0.3) is 0 Å². The van der Waals surface area contributed by atoms with E-state index in [1.165, 1.54) is 12.2 Å². The Labute approximate surface area is 144 Å². The summed E-state index contributed by atoms with van der Waals surface area (Å²) in [6.45, 7) is 9.05. The molecule has 7 heteroatoms. The smallest absolute Gasteiger partial charge is 0.410 e. The number of amides is 2. The maximum absolute atomic E-state index is 12.1. The van der Waals surface area contributed by atoms with Crippen LogP contribution in [0.1, 0.15) is 33.6 Å². The molecule has 1 aliphatic heterocycles. The number of thioether (sulfide) groups is 1. The molecule has 0 unspecified atom stereocenters. The van der Waals surface area contributed by atoms with Crippen molar-refractivity contribution in [2.45, 2.75) is 39.2 Å². The van der Waals surface area contributed by atoms with Gasteiger partial charge in [0, 0.05) is 26.2 Å². The van der Waals surface area contributed by atoms with Crippen LogP contribution in [-0.2, 0) is 9.53 Å². The number of unbranched alkanes of at least 4 members (excludes halogenated alkanes) is 1. The van der Waals surface area contributed by atoms with Crippen molar-refractivity contribution in [3.63, 3.8) is 0 Å². The largest absolute Gasteiger partial charge is 0.444 e. The van der Waals surface area contributed by atoms with Gasteiger partial charge in [-0.25, -0.2) is 4.79 Å². The summed E-state index contributed by atoms with van der Waals surface area (Å²) < 4.78 is 5.35. The minimum Gasteiger partial charge on any atom is -0.444 e. The van der Waals surface area contributed by atoms with Crippen LogP contribution < -0.4 is 5.32 Å².